The van der Waals surface area contributed by atoms with Gasteiger partial charge in [0.25, 0.3) is 0 Å². The predicted molar refractivity (Wildman–Crippen MR) is 121 cm³/mol. The lowest BCUT2D eigenvalue weighted by Crippen LogP contribution is -2.55. The zero-order valence-corrected chi connectivity index (χ0v) is 18.5. The predicted octanol–water partition coefficient (Wildman–Crippen LogP) is 5.97. The van der Waals surface area contributed by atoms with Gasteiger partial charge in [-0.3, -0.25) is 9.11 Å². The number of hydrogen-bond donors (Lipinski definition) is 2. The van der Waals surface area contributed by atoms with Gasteiger partial charge in [0.15, 0.2) is 15.3 Å². The highest BCUT2D eigenvalue weighted by molar-refractivity contribution is 8.97. The highest BCUT2D eigenvalue weighted by Crippen LogP contribution is 2.82. The Hall–Kier alpha value is -2.85. The molecule has 3 rings (SSSR count). The van der Waals surface area contributed by atoms with Crippen molar-refractivity contribution in [3.05, 3.63) is 104 Å². The van der Waals surface area contributed by atoms with Crippen molar-refractivity contribution in [2.24, 2.45) is 0 Å². The Kier molecular flexibility index (Phi) is 6.39. The summed E-state index contributed by atoms with van der Waals surface area (Å²) in [5.74, 6) is -1.22. The molecule has 32 heavy (non-hydrogen) atoms. The van der Waals surface area contributed by atoms with E-state index in [2.05, 4.69) is 11.3 Å². The average Bonchev–Trinajstić information content (AvgIpc) is 2.79. The third kappa shape index (κ3) is 3.67. The van der Waals surface area contributed by atoms with E-state index in [1.165, 1.54) is 72.8 Å². The standard InChI is InChI=1S/C23H22F2O5S2/c1-2-22(26)30-18-23(24,25)32(27,28,29)31(19-12-6-3-7-13-19,20-14-8-4-9-15-20)21-16-10-5-11-17-21/h2-17H,1,18H2,(H2,27,28,29). The van der Waals surface area contributed by atoms with Gasteiger partial charge in [-0.05, 0) is 36.4 Å². The zero-order valence-electron chi connectivity index (χ0n) is 16.8. The lowest BCUT2D eigenvalue weighted by Gasteiger charge is -2.56. The maximum absolute atomic E-state index is 15.6. The molecule has 0 aliphatic heterocycles. The number of halogens is 2. The van der Waals surface area contributed by atoms with Gasteiger partial charge in [0, 0.05) is 20.8 Å². The highest BCUT2D eigenvalue weighted by atomic mass is 33.2. The fourth-order valence-electron chi connectivity index (χ4n) is 3.26. The van der Waals surface area contributed by atoms with Crippen molar-refractivity contribution in [2.75, 3.05) is 6.61 Å². The first-order chi connectivity index (χ1) is 15.1. The minimum absolute atomic E-state index is 0.0362. The smallest absolute Gasteiger partial charge is 0.383 e. The minimum Gasteiger partial charge on any atom is -0.455 e. The Labute approximate surface area is 185 Å². The molecule has 2 N–H and O–H groups in total. The van der Waals surface area contributed by atoms with Crippen LogP contribution in [0.15, 0.2) is 118 Å². The first kappa shape index (κ1) is 23.8. The summed E-state index contributed by atoms with van der Waals surface area (Å²) < 4.78 is 72.4. The van der Waals surface area contributed by atoms with Gasteiger partial charge in [-0.2, -0.15) is 8.78 Å². The molecular formula is C23H22F2O5S2. The molecule has 170 valence electrons. The average molecular weight is 481 g/mol. The topological polar surface area (TPSA) is 83.8 Å². The summed E-state index contributed by atoms with van der Waals surface area (Å²) >= 11 is 0. The number of esters is 1. The van der Waals surface area contributed by atoms with E-state index in [0.717, 1.165) is 0 Å². The molecule has 0 atom stereocenters. The third-order valence-corrected chi connectivity index (χ3v) is 14.8. The maximum atomic E-state index is 15.6. The Bertz CT molecular complexity index is 1070. The van der Waals surface area contributed by atoms with Gasteiger partial charge in [-0.1, -0.05) is 70.2 Å². The van der Waals surface area contributed by atoms with Crippen LogP contribution >= 0.6 is 9.06 Å². The number of hydrogen-bond acceptors (Lipinski definition) is 3. The van der Waals surface area contributed by atoms with Crippen LogP contribution in [0.1, 0.15) is 0 Å². The number of alkyl halides is 2. The van der Waals surface area contributed by atoms with Crippen molar-refractivity contribution in [3.8, 4) is 0 Å². The van der Waals surface area contributed by atoms with Crippen LogP contribution in [-0.2, 0) is 18.2 Å². The Morgan fingerprint density at radius 3 is 1.53 bits per heavy atom. The van der Waals surface area contributed by atoms with Gasteiger partial charge in [0.2, 0.25) is 0 Å². The normalized spacial score (nSPS) is 14.1. The van der Waals surface area contributed by atoms with E-state index < -0.39 is 35.6 Å². The van der Waals surface area contributed by atoms with Gasteiger partial charge in [0.05, 0.1) is 0 Å². The molecule has 0 aliphatic carbocycles. The summed E-state index contributed by atoms with van der Waals surface area (Å²) in [6.07, 6.45) is 0.647. The molecule has 0 amide bonds. The molecule has 3 aromatic rings. The van der Waals surface area contributed by atoms with Gasteiger partial charge in [-0.15, -0.1) is 0 Å². The SMILES string of the molecule is C=CC(=O)OCC(F)(F)S(=O)(O)(O)S(c1ccccc1)(c1ccccc1)c1ccccc1. The lowest BCUT2D eigenvalue weighted by atomic mass is 10.4. The second-order valence-corrected chi connectivity index (χ2v) is 14.8. The monoisotopic (exact) mass is 480 g/mol. The van der Waals surface area contributed by atoms with Gasteiger partial charge >= 0.3 is 11.2 Å². The van der Waals surface area contributed by atoms with Crippen molar-refractivity contribution < 1.29 is 31.6 Å². The number of rotatable bonds is 8. The van der Waals surface area contributed by atoms with Crippen LogP contribution in [0.4, 0.5) is 8.78 Å². The van der Waals surface area contributed by atoms with Crippen molar-refractivity contribution in [1.82, 2.24) is 0 Å². The fourth-order valence-corrected chi connectivity index (χ4v) is 12.7. The molecular weight excluding hydrogens is 458 g/mol. The second-order valence-electron chi connectivity index (χ2n) is 6.74. The van der Waals surface area contributed by atoms with E-state index in [4.69, 9.17) is 0 Å². The fraction of sp³-hybridized carbons (Fsp3) is 0.0870. The summed E-state index contributed by atoms with van der Waals surface area (Å²) in [6, 6.07) is 22.6. The highest BCUT2D eigenvalue weighted by Gasteiger charge is 2.69. The van der Waals surface area contributed by atoms with E-state index >= 15 is 8.78 Å². The van der Waals surface area contributed by atoms with Crippen LogP contribution in [0.25, 0.3) is 0 Å². The lowest BCUT2D eigenvalue weighted by molar-refractivity contribution is -0.144. The summed E-state index contributed by atoms with van der Waals surface area (Å²) in [5.41, 5.74) is 0. The van der Waals surface area contributed by atoms with E-state index in [0.29, 0.717) is 6.08 Å². The quantitative estimate of drug-likeness (QED) is 0.236. The molecule has 0 aromatic heterocycles. The van der Waals surface area contributed by atoms with Crippen molar-refractivity contribution >= 4 is 23.7 Å². The summed E-state index contributed by atoms with van der Waals surface area (Å²) in [5, 5.41) is -4.73. The summed E-state index contributed by atoms with van der Waals surface area (Å²) in [4.78, 5) is 11.5. The van der Waals surface area contributed by atoms with Crippen molar-refractivity contribution in [1.29, 1.82) is 0 Å². The summed E-state index contributed by atoms with van der Waals surface area (Å²) in [6.45, 7) is 1.32. The molecule has 0 unspecified atom stereocenters. The van der Waals surface area contributed by atoms with E-state index in [9.17, 15) is 18.1 Å². The van der Waals surface area contributed by atoms with Crippen LogP contribution in [-0.4, -0.2) is 31.1 Å². The van der Waals surface area contributed by atoms with E-state index in [1.807, 2.05) is 0 Å². The minimum atomic E-state index is -7.00. The Balaban J connectivity index is 2.45. The second kappa shape index (κ2) is 8.59. The van der Waals surface area contributed by atoms with Crippen LogP contribution in [0, 0.1) is 0 Å². The van der Waals surface area contributed by atoms with Crippen LogP contribution in [0.5, 0.6) is 0 Å². The maximum Gasteiger partial charge on any atom is 0.383 e. The third-order valence-electron chi connectivity index (χ3n) is 4.74. The molecule has 9 heteroatoms. The van der Waals surface area contributed by atoms with Crippen molar-refractivity contribution in [3.63, 3.8) is 0 Å². The molecule has 0 bridgehead atoms. The number of carbonyl (C=O) groups is 1. The van der Waals surface area contributed by atoms with E-state index in [-0.39, 0.29) is 14.7 Å². The molecule has 0 radical (unpaired) electrons. The molecule has 0 fully saturated rings. The number of ether oxygens (including phenoxy) is 1. The van der Waals surface area contributed by atoms with Crippen molar-refractivity contribution in [2.45, 2.75) is 19.9 Å². The largest absolute Gasteiger partial charge is 0.455 e. The molecule has 5 nitrogen and oxygen atoms in total. The first-order valence-corrected chi connectivity index (χ1v) is 13.4. The van der Waals surface area contributed by atoms with Gasteiger partial charge in [0.1, 0.15) is 0 Å². The Morgan fingerprint density at radius 2 is 1.22 bits per heavy atom. The van der Waals surface area contributed by atoms with Crippen LogP contribution < -0.4 is 0 Å². The molecule has 0 spiro atoms. The zero-order chi connectivity index (χ0) is 23.5. The van der Waals surface area contributed by atoms with Gasteiger partial charge in [-0.25, -0.2) is 9.00 Å². The van der Waals surface area contributed by atoms with Gasteiger partial charge < -0.3 is 4.74 Å². The van der Waals surface area contributed by atoms with Crippen LogP contribution in [0.3, 0.4) is 0 Å². The molecule has 0 saturated heterocycles. The summed E-state index contributed by atoms with van der Waals surface area (Å²) in [7, 11) is -10.9. The molecule has 0 aliphatic rings. The first-order valence-electron chi connectivity index (χ1n) is 9.37. The molecule has 0 saturated carbocycles. The number of benzene rings is 3. The van der Waals surface area contributed by atoms with E-state index in [1.54, 1.807) is 18.2 Å². The van der Waals surface area contributed by atoms with Crippen LogP contribution in [0.2, 0.25) is 0 Å². The molecule has 0 heterocycles. The Morgan fingerprint density at radius 1 is 0.875 bits per heavy atom. The number of carbonyl (C=O) groups excluding carboxylic acids is 1. The molecule has 3 aromatic carbocycles.